The lowest BCUT2D eigenvalue weighted by Crippen LogP contribution is -2.32. The molecule has 124 valence electrons. The van der Waals surface area contributed by atoms with Crippen molar-refractivity contribution in [1.29, 1.82) is 0 Å². The molecule has 24 heavy (non-hydrogen) atoms. The van der Waals surface area contributed by atoms with Gasteiger partial charge in [0.2, 0.25) is 0 Å². The summed E-state index contributed by atoms with van der Waals surface area (Å²) in [6.07, 6.45) is 2.41. The summed E-state index contributed by atoms with van der Waals surface area (Å²) in [6, 6.07) is 16.9. The fraction of sp³-hybridized carbons (Fsp3) is 0.350. The maximum absolute atomic E-state index is 5.23. The van der Waals surface area contributed by atoms with Gasteiger partial charge in [-0.3, -0.25) is 4.90 Å². The molecule has 0 atom stereocenters. The van der Waals surface area contributed by atoms with Gasteiger partial charge in [0.25, 0.3) is 0 Å². The van der Waals surface area contributed by atoms with Crippen LogP contribution in [-0.4, -0.2) is 30.1 Å². The first-order valence-corrected chi connectivity index (χ1v) is 9.34. The topological polar surface area (TPSA) is 25.4 Å². The van der Waals surface area contributed by atoms with Crippen LogP contribution in [0.1, 0.15) is 29.3 Å². The summed E-state index contributed by atoms with van der Waals surface area (Å²) in [6.45, 7) is 3.32. The molecule has 1 aliphatic heterocycles. The Balaban J connectivity index is 1.37. The Morgan fingerprint density at radius 3 is 2.54 bits per heavy atom. The van der Waals surface area contributed by atoms with Gasteiger partial charge >= 0.3 is 0 Å². The molecule has 1 fully saturated rings. The first kappa shape index (κ1) is 15.6. The van der Waals surface area contributed by atoms with Crippen molar-refractivity contribution in [3.63, 3.8) is 0 Å². The summed E-state index contributed by atoms with van der Waals surface area (Å²) in [5.41, 5.74) is 2.51. The van der Waals surface area contributed by atoms with Gasteiger partial charge < -0.3 is 4.74 Å². The number of hydrogen-bond donors (Lipinski definition) is 0. The third-order valence-electron chi connectivity index (χ3n) is 4.81. The van der Waals surface area contributed by atoms with Crippen LogP contribution in [-0.2, 0) is 6.54 Å². The van der Waals surface area contributed by atoms with E-state index in [9.17, 15) is 0 Å². The van der Waals surface area contributed by atoms with E-state index >= 15 is 0 Å². The molecule has 0 amide bonds. The second-order valence-corrected chi connectivity index (χ2v) is 7.48. The number of para-hydroxylation sites is 1. The molecule has 4 heteroatoms. The number of thiazole rings is 1. The molecule has 0 aliphatic carbocycles. The molecule has 3 aromatic rings. The Labute approximate surface area is 146 Å². The minimum absolute atomic E-state index is 0.620. The van der Waals surface area contributed by atoms with Crippen LogP contribution in [0.2, 0.25) is 0 Å². The first-order chi connectivity index (χ1) is 11.8. The Morgan fingerprint density at radius 2 is 1.83 bits per heavy atom. The molecule has 2 aromatic carbocycles. The van der Waals surface area contributed by atoms with E-state index in [0.29, 0.717) is 5.92 Å². The van der Waals surface area contributed by atoms with Crippen LogP contribution in [0.25, 0.3) is 10.2 Å². The molecule has 1 aliphatic rings. The van der Waals surface area contributed by atoms with Crippen molar-refractivity contribution in [2.75, 3.05) is 20.2 Å². The SMILES string of the molecule is COc1ccc(CN2CCC(c3nc4ccccc4s3)CC2)cc1. The standard InChI is InChI=1S/C20H22N2OS/c1-23-17-8-6-15(7-9-17)14-22-12-10-16(11-13-22)20-21-18-4-2-3-5-19(18)24-20/h2-9,16H,10-14H2,1H3. The van der Waals surface area contributed by atoms with Crippen molar-refractivity contribution in [3.05, 3.63) is 59.1 Å². The van der Waals surface area contributed by atoms with E-state index in [-0.39, 0.29) is 0 Å². The minimum Gasteiger partial charge on any atom is -0.497 e. The average Bonchev–Trinajstić information content (AvgIpc) is 3.07. The summed E-state index contributed by atoms with van der Waals surface area (Å²) in [7, 11) is 1.71. The van der Waals surface area contributed by atoms with E-state index in [1.165, 1.54) is 28.1 Å². The molecule has 0 bridgehead atoms. The summed E-state index contributed by atoms with van der Waals surface area (Å²) < 4.78 is 6.54. The Morgan fingerprint density at radius 1 is 1.08 bits per heavy atom. The number of rotatable bonds is 4. The van der Waals surface area contributed by atoms with Crippen molar-refractivity contribution >= 4 is 21.6 Å². The quantitative estimate of drug-likeness (QED) is 0.690. The lowest BCUT2D eigenvalue weighted by molar-refractivity contribution is 0.204. The van der Waals surface area contributed by atoms with Crippen LogP contribution < -0.4 is 4.74 Å². The smallest absolute Gasteiger partial charge is 0.118 e. The Bertz CT molecular complexity index is 771. The highest BCUT2D eigenvalue weighted by atomic mass is 32.1. The van der Waals surface area contributed by atoms with E-state index in [1.54, 1.807) is 7.11 Å². The molecule has 0 unspecified atom stereocenters. The van der Waals surface area contributed by atoms with Crippen LogP contribution in [0.15, 0.2) is 48.5 Å². The van der Waals surface area contributed by atoms with Gasteiger partial charge in [-0.1, -0.05) is 24.3 Å². The van der Waals surface area contributed by atoms with Crippen LogP contribution >= 0.6 is 11.3 Å². The summed E-state index contributed by atoms with van der Waals surface area (Å²) >= 11 is 1.87. The fourth-order valence-electron chi connectivity index (χ4n) is 3.39. The second-order valence-electron chi connectivity index (χ2n) is 6.42. The molecule has 0 N–H and O–H groups in total. The highest BCUT2D eigenvalue weighted by molar-refractivity contribution is 7.18. The van der Waals surface area contributed by atoms with Gasteiger partial charge in [0.05, 0.1) is 22.3 Å². The van der Waals surface area contributed by atoms with Crippen LogP contribution in [0.3, 0.4) is 0 Å². The zero-order valence-electron chi connectivity index (χ0n) is 13.9. The number of nitrogens with zero attached hydrogens (tertiary/aromatic N) is 2. The van der Waals surface area contributed by atoms with Crippen molar-refractivity contribution in [1.82, 2.24) is 9.88 Å². The predicted octanol–water partition coefficient (Wildman–Crippen LogP) is 4.68. The lowest BCUT2D eigenvalue weighted by Gasteiger charge is -2.31. The molecule has 0 spiro atoms. The highest BCUT2D eigenvalue weighted by Crippen LogP contribution is 2.34. The zero-order chi connectivity index (χ0) is 16.4. The molecular formula is C20H22N2OS. The van der Waals surface area contributed by atoms with E-state index < -0.39 is 0 Å². The van der Waals surface area contributed by atoms with Crippen molar-refractivity contribution in [2.45, 2.75) is 25.3 Å². The summed E-state index contributed by atoms with van der Waals surface area (Å²) in [5, 5.41) is 1.32. The number of fused-ring (bicyclic) bond motifs is 1. The Hall–Kier alpha value is -1.91. The number of methoxy groups -OCH3 is 1. The van der Waals surface area contributed by atoms with Gasteiger partial charge in [-0.05, 0) is 55.8 Å². The van der Waals surface area contributed by atoms with Crippen LogP contribution in [0.4, 0.5) is 0 Å². The largest absolute Gasteiger partial charge is 0.497 e. The number of likely N-dealkylation sites (tertiary alicyclic amines) is 1. The van der Waals surface area contributed by atoms with Gasteiger partial charge in [0.15, 0.2) is 0 Å². The average molecular weight is 338 g/mol. The monoisotopic (exact) mass is 338 g/mol. The molecule has 0 saturated carbocycles. The van der Waals surface area contributed by atoms with Gasteiger partial charge in [-0.25, -0.2) is 4.98 Å². The lowest BCUT2D eigenvalue weighted by atomic mass is 9.97. The predicted molar refractivity (Wildman–Crippen MR) is 99.9 cm³/mol. The third-order valence-corrected chi connectivity index (χ3v) is 6.01. The van der Waals surface area contributed by atoms with Crippen molar-refractivity contribution < 1.29 is 4.74 Å². The molecular weight excluding hydrogens is 316 g/mol. The van der Waals surface area contributed by atoms with Gasteiger partial charge in [-0.2, -0.15) is 0 Å². The van der Waals surface area contributed by atoms with E-state index in [4.69, 9.17) is 9.72 Å². The number of aromatic nitrogens is 1. The van der Waals surface area contributed by atoms with E-state index in [1.807, 2.05) is 23.5 Å². The third kappa shape index (κ3) is 3.30. The second kappa shape index (κ2) is 6.91. The van der Waals surface area contributed by atoms with Gasteiger partial charge in [-0.15, -0.1) is 11.3 Å². The normalized spacial score (nSPS) is 16.5. The highest BCUT2D eigenvalue weighted by Gasteiger charge is 2.23. The molecule has 1 saturated heterocycles. The number of piperidine rings is 1. The number of hydrogen-bond acceptors (Lipinski definition) is 4. The van der Waals surface area contributed by atoms with Crippen LogP contribution in [0, 0.1) is 0 Å². The van der Waals surface area contributed by atoms with Gasteiger partial charge in [0.1, 0.15) is 5.75 Å². The number of benzene rings is 2. The fourth-order valence-corrected chi connectivity index (χ4v) is 4.53. The van der Waals surface area contributed by atoms with E-state index in [0.717, 1.165) is 30.9 Å². The van der Waals surface area contributed by atoms with E-state index in [2.05, 4.69) is 41.3 Å². The molecule has 1 aromatic heterocycles. The Kier molecular flexibility index (Phi) is 4.50. The number of ether oxygens (including phenoxy) is 1. The summed E-state index contributed by atoms with van der Waals surface area (Å²) in [5.74, 6) is 1.54. The van der Waals surface area contributed by atoms with Gasteiger partial charge in [0, 0.05) is 12.5 Å². The first-order valence-electron chi connectivity index (χ1n) is 8.52. The summed E-state index contributed by atoms with van der Waals surface area (Å²) in [4.78, 5) is 7.40. The zero-order valence-corrected chi connectivity index (χ0v) is 14.8. The maximum Gasteiger partial charge on any atom is 0.118 e. The van der Waals surface area contributed by atoms with Crippen molar-refractivity contribution in [3.8, 4) is 5.75 Å². The molecule has 0 radical (unpaired) electrons. The van der Waals surface area contributed by atoms with Crippen molar-refractivity contribution in [2.24, 2.45) is 0 Å². The molecule has 3 nitrogen and oxygen atoms in total. The maximum atomic E-state index is 5.23. The molecule has 2 heterocycles. The molecule has 4 rings (SSSR count). The van der Waals surface area contributed by atoms with Crippen LogP contribution in [0.5, 0.6) is 5.75 Å². The minimum atomic E-state index is 0.620.